The largest absolute Gasteiger partial charge is 0.358 e. The van der Waals surface area contributed by atoms with Crippen LogP contribution < -0.4 is 16.0 Å². The van der Waals surface area contributed by atoms with E-state index in [2.05, 4.69) is 40.2 Å². The zero-order valence-electron chi connectivity index (χ0n) is 15.1. The summed E-state index contributed by atoms with van der Waals surface area (Å²) in [4.78, 5) is 10.3. The third kappa shape index (κ3) is 5.74. The molecule has 1 fully saturated rings. The fourth-order valence-electron chi connectivity index (χ4n) is 3.39. The van der Waals surface area contributed by atoms with Crippen LogP contribution in [0, 0.1) is 10.1 Å². The maximum atomic E-state index is 10.7. The predicted octanol–water partition coefficient (Wildman–Crippen LogP) is 3.98. The number of nitrogens with one attached hydrogen (secondary N) is 3. The van der Waals surface area contributed by atoms with Gasteiger partial charge in [0.15, 0.2) is 5.11 Å². The van der Waals surface area contributed by atoms with Crippen molar-refractivity contribution in [3.05, 3.63) is 70.3 Å². The van der Waals surface area contributed by atoms with Gasteiger partial charge in [0.05, 0.1) is 4.92 Å². The second-order valence-electron chi connectivity index (χ2n) is 6.77. The Labute approximate surface area is 164 Å². The molecule has 1 saturated carbocycles. The molecule has 0 bridgehead atoms. The molecule has 0 amide bonds. The standard InChI is InChI=1S/C20H24N4O2S/c25-24(26)17-12-10-16(11-13-17)22-20(27)23-19-9-5-4-8-18(19)21-14-15-6-2-1-3-7-15/h1-3,6-7,10-13,18-19,21H,4-5,8-9,14H2,(H2,22,23,27)/t18-,19-/m1/s1. The molecule has 142 valence electrons. The second kappa shape index (κ2) is 9.43. The number of nitro benzene ring substituents is 1. The zero-order valence-corrected chi connectivity index (χ0v) is 15.9. The van der Waals surface area contributed by atoms with Crippen LogP contribution in [0.25, 0.3) is 0 Å². The van der Waals surface area contributed by atoms with Crippen molar-refractivity contribution < 1.29 is 4.92 Å². The van der Waals surface area contributed by atoms with Crippen LogP contribution in [0.15, 0.2) is 54.6 Å². The van der Waals surface area contributed by atoms with E-state index in [9.17, 15) is 10.1 Å². The predicted molar refractivity (Wildman–Crippen MR) is 112 cm³/mol. The Kier molecular flexibility index (Phi) is 6.73. The van der Waals surface area contributed by atoms with Gasteiger partial charge in [-0.25, -0.2) is 0 Å². The highest BCUT2D eigenvalue weighted by atomic mass is 32.1. The quantitative estimate of drug-likeness (QED) is 0.397. The SMILES string of the molecule is O=[N+]([O-])c1ccc(NC(=S)N[C@@H]2CCCC[C@H]2NCc2ccccc2)cc1. The monoisotopic (exact) mass is 384 g/mol. The van der Waals surface area contributed by atoms with Crippen molar-refractivity contribution in [2.75, 3.05) is 5.32 Å². The molecule has 0 aliphatic heterocycles. The van der Waals surface area contributed by atoms with Gasteiger partial charge in [-0.1, -0.05) is 43.2 Å². The van der Waals surface area contributed by atoms with Crippen molar-refractivity contribution in [2.24, 2.45) is 0 Å². The Hall–Kier alpha value is -2.51. The smallest absolute Gasteiger partial charge is 0.269 e. The van der Waals surface area contributed by atoms with Gasteiger partial charge in [-0.15, -0.1) is 0 Å². The number of anilines is 1. The lowest BCUT2D eigenvalue weighted by molar-refractivity contribution is -0.384. The Balaban J connectivity index is 1.53. The van der Waals surface area contributed by atoms with E-state index in [1.165, 1.54) is 30.5 Å². The summed E-state index contributed by atoms with van der Waals surface area (Å²) in [7, 11) is 0. The molecule has 3 N–H and O–H groups in total. The van der Waals surface area contributed by atoms with Crippen molar-refractivity contribution in [1.82, 2.24) is 10.6 Å². The van der Waals surface area contributed by atoms with Gasteiger partial charge in [-0.05, 0) is 42.8 Å². The van der Waals surface area contributed by atoms with Crippen LogP contribution in [0.1, 0.15) is 31.2 Å². The van der Waals surface area contributed by atoms with Crippen molar-refractivity contribution in [3.63, 3.8) is 0 Å². The second-order valence-corrected chi connectivity index (χ2v) is 7.17. The molecule has 0 unspecified atom stereocenters. The molecule has 3 rings (SSSR count). The van der Waals surface area contributed by atoms with Gasteiger partial charge in [-0.3, -0.25) is 10.1 Å². The minimum Gasteiger partial charge on any atom is -0.358 e. The summed E-state index contributed by atoms with van der Waals surface area (Å²) in [6, 6.07) is 17.3. The summed E-state index contributed by atoms with van der Waals surface area (Å²) in [5.41, 5.74) is 2.08. The van der Waals surface area contributed by atoms with Crippen LogP contribution in [-0.2, 0) is 6.54 Å². The van der Waals surface area contributed by atoms with Crippen LogP contribution >= 0.6 is 12.2 Å². The number of thiocarbonyl (C=S) groups is 1. The van der Waals surface area contributed by atoms with E-state index in [1.54, 1.807) is 12.1 Å². The van der Waals surface area contributed by atoms with Gasteiger partial charge in [-0.2, -0.15) is 0 Å². The number of hydrogen-bond donors (Lipinski definition) is 3. The lowest BCUT2D eigenvalue weighted by Gasteiger charge is -2.34. The molecule has 0 spiro atoms. The van der Waals surface area contributed by atoms with Crippen molar-refractivity contribution in [3.8, 4) is 0 Å². The first-order valence-corrected chi connectivity index (χ1v) is 9.62. The first-order chi connectivity index (χ1) is 13.1. The minimum absolute atomic E-state index is 0.0666. The molecular formula is C20H24N4O2S. The molecule has 0 aromatic heterocycles. The van der Waals surface area contributed by atoms with Crippen LogP contribution in [-0.4, -0.2) is 22.1 Å². The van der Waals surface area contributed by atoms with Crippen molar-refractivity contribution in [2.45, 2.75) is 44.3 Å². The van der Waals surface area contributed by atoms with Gasteiger partial charge < -0.3 is 16.0 Å². The number of benzene rings is 2. The third-order valence-electron chi connectivity index (χ3n) is 4.83. The van der Waals surface area contributed by atoms with Crippen molar-refractivity contribution >= 4 is 28.7 Å². The summed E-state index contributed by atoms with van der Waals surface area (Å²) in [6.45, 7) is 0.840. The average molecular weight is 385 g/mol. The van der Waals surface area contributed by atoms with E-state index in [4.69, 9.17) is 12.2 Å². The fourth-order valence-corrected chi connectivity index (χ4v) is 3.66. The van der Waals surface area contributed by atoms with Gasteiger partial charge >= 0.3 is 0 Å². The Bertz CT molecular complexity index is 767. The Morgan fingerprint density at radius 3 is 2.37 bits per heavy atom. The van der Waals surface area contributed by atoms with Crippen molar-refractivity contribution in [1.29, 1.82) is 0 Å². The molecule has 2 atom stereocenters. The van der Waals surface area contributed by atoms with E-state index in [-0.39, 0.29) is 11.7 Å². The van der Waals surface area contributed by atoms with Gasteiger partial charge in [0.1, 0.15) is 0 Å². The summed E-state index contributed by atoms with van der Waals surface area (Å²) < 4.78 is 0. The van der Waals surface area contributed by atoms with Gasteiger partial charge in [0.2, 0.25) is 0 Å². The molecule has 0 radical (unpaired) electrons. The average Bonchev–Trinajstić information content (AvgIpc) is 2.68. The van der Waals surface area contributed by atoms with E-state index in [0.29, 0.717) is 11.2 Å². The number of nitro groups is 1. The number of nitrogens with zero attached hydrogens (tertiary/aromatic N) is 1. The number of non-ortho nitro benzene ring substituents is 1. The first kappa shape index (κ1) is 19.3. The highest BCUT2D eigenvalue weighted by molar-refractivity contribution is 7.80. The maximum absolute atomic E-state index is 10.7. The highest BCUT2D eigenvalue weighted by Gasteiger charge is 2.25. The van der Waals surface area contributed by atoms with Gasteiger partial charge in [0.25, 0.3) is 5.69 Å². The minimum atomic E-state index is -0.411. The zero-order chi connectivity index (χ0) is 19.1. The summed E-state index contributed by atoms with van der Waals surface area (Å²) >= 11 is 5.45. The molecule has 2 aromatic rings. The normalized spacial score (nSPS) is 19.3. The molecular weight excluding hydrogens is 360 g/mol. The maximum Gasteiger partial charge on any atom is 0.269 e. The van der Waals surface area contributed by atoms with E-state index >= 15 is 0 Å². The van der Waals surface area contributed by atoms with E-state index < -0.39 is 4.92 Å². The molecule has 2 aromatic carbocycles. The molecule has 27 heavy (non-hydrogen) atoms. The lowest BCUT2D eigenvalue weighted by Crippen LogP contribution is -2.52. The first-order valence-electron chi connectivity index (χ1n) is 9.21. The van der Waals surface area contributed by atoms with Crippen LogP contribution in [0.5, 0.6) is 0 Å². The molecule has 6 nitrogen and oxygen atoms in total. The molecule has 0 saturated heterocycles. The fraction of sp³-hybridized carbons (Fsp3) is 0.350. The molecule has 0 heterocycles. The van der Waals surface area contributed by atoms with Crippen LogP contribution in [0.4, 0.5) is 11.4 Å². The van der Waals surface area contributed by atoms with Crippen LogP contribution in [0.2, 0.25) is 0 Å². The number of hydrogen-bond acceptors (Lipinski definition) is 4. The summed E-state index contributed by atoms with van der Waals surface area (Å²) in [6.07, 6.45) is 4.58. The third-order valence-corrected chi connectivity index (χ3v) is 5.05. The lowest BCUT2D eigenvalue weighted by atomic mass is 9.90. The van der Waals surface area contributed by atoms with E-state index in [1.807, 2.05) is 6.07 Å². The summed E-state index contributed by atoms with van der Waals surface area (Å²) in [5.74, 6) is 0. The molecule has 1 aliphatic rings. The molecule has 7 heteroatoms. The number of rotatable bonds is 6. The van der Waals surface area contributed by atoms with Gasteiger partial charge in [0, 0.05) is 36.4 Å². The topological polar surface area (TPSA) is 79.2 Å². The summed E-state index contributed by atoms with van der Waals surface area (Å²) in [5, 5.41) is 21.5. The molecule has 1 aliphatic carbocycles. The Morgan fingerprint density at radius 1 is 1.04 bits per heavy atom. The highest BCUT2D eigenvalue weighted by Crippen LogP contribution is 2.20. The van der Waals surface area contributed by atoms with Crippen LogP contribution in [0.3, 0.4) is 0 Å². The van der Waals surface area contributed by atoms with E-state index in [0.717, 1.165) is 25.1 Å². The Morgan fingerprint density at radius 2 is 1.70 bits per heavy atom.